The molecule has 0 bridgehead atoms. The Morgan fingerprint density at radius 2 is 1.03 bits per heavy atom. The normalized spacial score (nSPS) is 13.9. The Labute approximate surface area is 187 Å². The van der Waals surface area contributed by atoms with Gasteiger partial charge in [0.2, 0.25) is 0 Å². The predicted molar refractivity (Wildman–Crippen MR) is 130 cm³/mol. The zero-order valence-electron chi connectivity index (χ0n) is 17.4. The van der Waals surface area contributed by atoms with Gasteiger partial charge in [0.05, 0.1) is 5.41 Å². The van der Waals surface area contributed by atoms with Crippen molar-refractivity contribution in [2.75, 3.05) is 5.32 Å². The number of rotatable bonds is 2. The lowest BCUT2D eigenvalue weighted by atomic mass is 9.70. The standard InChI is InChI=1S/C30H20N2/c1-4-12-25-21(9-1)22-10-2-5-13-26(22)30(25)27-14-6-3-11-23(27)24-17-16-20(19-28(24)30)32-29-15-7-8-18-31-29/h1-19H,(H,31,32). The lowest BCUT2D eigenvalue weighted by molar-refractivity contribution is 0.794. The molecule has 4 aromatic carbocycles. The maximum atomic E-state index is 4.46. The van der Waals surface area contributed by atoms with Crippen molar-refractivity contribution < 1.29 is 0 Å². The molecule has 5 aromatic rings. The highest BCUT2D eigenvalue weighted by atomic mass is 15.0. The van der Waals surface area contributed by atoms with Gasteiger partial charge in [-0.2, -0.15) is 0 Å². The third kappa shape index (κ3) is 2.16. The number of anilines is 2. The zero-order chi connectivity index (χ0) is 21.1. The quantitative estimate of drug-likeness (QED) is 0.328. The van der Waals surface area contributed by atoms with Gasteiger partial charge in [0.1, 0.15) is 5.82 Å². The van der Waals surface area contributed by atoms with Gasteiger partial charge in [-0.15, -0.1) is 0 Å². The van der Waals surface area contributed by atoms with E-state index >= 15 is 0 Å². The summed E-state index contributed by atoms with van der Waals surface area (Å²) in [5, 5.41) is 3.50. The van der Waals surface area contributed by atoms with E-state index in [2.05, 4.69) is 101 Å². The first-order valence-corrected chi connectivity index (χ1v) is 11.0. The van der Waals surface area contributed by atoms with E-state index in [1.807, 2.05) is 24.4 Å². The minimum absolute atomic E-state index is 0.305. The molecule has 0 fully saturated rings. The van der Waals surface area contributed by atoms with Crippen LogP contribution in [-0.2, 0) is 5.41 Å². The van der Waals surface area contributed by atoms with Crippen LogP contribution in [0.15, 0.2) is 115 Å². The summed E-state index contributed by atoms with van der Waals surface area (Å²) >= 11 is 0. The molecule has 1 spiro atoms. The van der Waals surface area contributed by atoms with E-state index in [4.69, 9.17) is 0 Å². The monoisotopic (exact) mass is 408 g/mol. The molecule has 0 atom stereocenters. The average molecular weight is 409 g/mol. The van der Waals surface area contributed by atoms with Gasteiger partial charge in [0, 0.05) is 11.9 Å². The molecular weight excluding hydrogens is 388 g/mol. The van der Waals surface area contributed by atoms with Crippen LogP contribution in [0.5, 0.6) is 0 Å². The second-order valence-corrected chi connectivity index (χ2v) is 8.49. The Hall–Kier alpha value is -4.17. The van der Waals surface area contributed by atoms with Gasteiger partial charge in [0.25, 0.3) is 0 Å². The SMILES string of the molecule is c1ccc(Nc2ccc3c(c2)C2(c4ccccc4-c4ccccc42)c2ccccc2-3)nc1. The molecular formula is C30H20N2. The van der Waals surface area contributed by atoms with Gasteiger partial charge in [-0.3, -0.25) is 0 Å². The Bertz CT molecular complexity index is 1440. The summed E-state index contributed by atoms with van der Waals surface area (Å²) in [6.45, 7) is 0. The molecule has 1 aromatic heterocycles. The first-order chi connectivity index (χ1) is 15.9. The summed E-state index contributed by atoms with van der Waals surface area (Å²) in [7, 11) is 0. The Morgan fingerprint density at radius 3 is 1.59 bits per heavy atom. The molecule has 2 aliphatic rings. The van der Waals surface area contributed by atoms with Crippen molar-refractivity contribution >= 4 is 11.5 Å². The average Bonchev–Trinajstić information content (AvgIpc) is 3.32. The van der Waals surface area contributed by atoms with Crippen LogP contribution >= 0.6 is 0 Å². The molecule has 0 unspecified atom stereocenters. The van der Waals surface area contributed by atoms with Gasteiger partial charge in [0.15, 0.2) is 0 Å². The Kier molecular flexibility index (Phi) is 3.51. The second-order valence-electron chi connectivity index (χ2n) is 8.49. The van der Waals surface area contributed by atoms with Crippen molar-refractivity contribution in [3.8, 4) is 22.3 Å². The van der Waals surface area contributed by atoms with Crippen LogP contribution in [0.4, 0.5) is 11.5 Å². The minimum Gasteiger partial charge on any atom is -0.340 e. The molecule has 32 heavy (non-hydrogen) atoms. The lowest BCUT2D eigenvalue weighted by Gasteiger charge is -2.30. The van der Waals surface area contributed by atoms with Crippen LogP contribution < -0.4 is 5.32 Å². The molecule has 2 nitrogen and oxygen atoms in total. The fourth-order valence-electron chi connectivity index (χ4n) is 5.76. The number of nitrogens with one attached hydrogen (secondary N) is 1. The fourth-order valence-corrected chi connectivity index (χ4v) is 5.76. The lowest BCUT2D eigenvalue weighted by Crippen LogP contribution is -2.25. The smallest absolute Gasteiger partial charge is 0.130 e. The van der Waals surface area contributed by atoms with Crippen molar-refractivity contribution in [1.29, 1.82) is 0 Å². The highest BCUT2D eigenvalue weighted by Gasteiger charge is 2.51. The highest BCUT2D eigenvalue weighted by Crippen LogP contribution is 2.62. The molecule has 1 N–H and O–H groups in total. The van der Waals surface area contributed by atoms with Crippen LogP contribution in [0.2, 0.25) is 0 Å². The van der Waals surface area contributed by atoms with Crippen LogP contribution in [0.1, 0.15) is 22.3 Å². The summed E-state index contributed by atoms with van der Waals surface area (Å²) in [5.74, 6) is 0.851. The summed E-state index contributed by atoms with van der Waals surface area (Å²) in [6, 6.07) is 39.3. The third-order valence-electron chi connectivity index (χ3n) is 6.93. The number of nitrogens with zero attached hydrogens (tertiary/aromatic N) is 1. The van der Waals surface area contributed by atoms with Crippen molar-refractivity contribution in [3.05, 3.63) is 138 Å². The molecule has 0 amide bonds. The van der Waals surface area contributed by atoms with Gasteiger partial charge >= 0.3 is 0 Å². The summed E-state index contributed by atoms with van der Waals surface area (Å²) in [5.41, 5.74) is 11.4. The summed E-state index contributed by atoms with van der Waals surface area (Å²) in [6.07, 6.45) is 1.82. The van der Waals surface area contributed by atoms with Gasteiger partial charge < -0.3 is 5.32 Å². The number of hydrogen-bond acceptors (Lipinski definition) is 2. The minimum atomic E-state index is -0.305. The molecule has 2 aliphatic carbocycles. The maximum Gasteiger partial charge on any atom is 0.130 e. The van der Waals surface area contributed by atoms with E-state index in [1.54, 1.807) is 0 Å². The van der Waals surface area contributed by atoms with E-state index in [0.717, 1.165) is 11.5 Å². The van der Waals surface area contributed by atoms with E-state index in [9.17, 15) is 0 Å². The number of fused-ring (bicyclic) bond motifs is 10. The number of benzene rings is 4. The Balaban J connectivity index is 1.55. The first-order valence-electron chi connectivity index (χ1n) is 11.0. The fraction of sp³-hybridized carbons (Fsp3) is 0.0333. The van der Waals surface area contributed by atoms with Gasteiger partial charge in [-0.1, -0.05) is 84.9 Å². The Morgan fingerprint density at radius 1 is 0.500 bits per heavy atom. The molecule has 0 saturated carbocycles. The number of aromatic nitrogens is 1. The number of hydrogen-bond donors (Lipinski definition) is 1. The van der Waals surface area contributed by atoms with Gasteiger partial charge in [-0.25, -0.2) is 4.98 Å². The molecule has 0 radical (unpaired) electrons. The molecule has 150 valence electrons. The van der Waals surface area contributed by atoms with E-state index in [-0.39, 0.29) is 5.41 Å². The predicted octanol–water partition coefficient (Wildman–Crippen LogP) is 7.17. The largest absolute Gasteiger partial charge is 0.340 e. The molecule has 2 heteroatoms. The van der Waals surface area contributed by atoms with Crippen LogP contribution in [0, 0.1) is 0 Å². The van der Waals surface area contributed by atoms with Crippen LogP contribution in [-0.4, -0.2) is 4.98 Å². The van der Waals surface area contributed by atoms with Gasteiger partial charge in [-0.05, 0) is 68.8 Å². The van der Waals surface area contributed by atoms with Crippen LogP contribution in [0.25, 0.3) is 22.3 Å². The van der Waals surface area contributed by atoms with Crippen LogP contribution in [0.3, 0.4) is 0 Å². The molecule has 0 aliphatic heterocycles. The zero-order valence-corrected chi connectivity index (χ0v) is 17.4. The maximum absolute atomic E-state index is 4.46. The first kappa shape index (κ1) is 17.5. The number of pyridine rings is 1. The van der Waals surface area contributed by atoms with Crippen molar-refractivity contribution in [2.24, 2.45) is 0 Å². The molecule has 0 saturated heterocycles. The van der Waals surface area contributed by atoms with E-state index in [1.165, 1.54) is 44.5 Å². The third-order valence-corrected chi connectivity index (χ3v) is 6.93. The topological polar surface area (TPSA) is 24.9 Å². The summed E-state index contributed by atoms with van der Waals surface area (Å²) in [4.78, 5) is 4.46. The highest BCUT2D eigenvalue weighted by molar-refractivity contribution is 5.95. The summed E-state index contributed by atoms with van der Waals surface area (Å²) < 4.78 is 0. The van der Waals surface area contributed by atoms with E-state index < -0.39 is 0 Å². The van der Waals surface area contributed by atoms with Crippen molar-refractivity contribution in [1.82, 2.24) is 4.98 Å². The molecule has 7 rings (SSSR count). The van der Waals surface area contributed by atoms with Crippen molar-refractivity contribution in [2.45, 2.75) is 5.41 Å². The molecule has 1 heterocycles. The van der Waals surface area contributed by atoms with Crippen molar-refractivity contribution in [3.63, 3.8) is 0 Å². The second kappa shape index (κ2) is 6.41. The van der Waals surface area contributed by atoms with E-state index in [0.29, 0.717) is 0 Å².